The molecule has 2 fully saturated rings. The number of hydrogen-bond donors (Lipinski definition) is 1. The van der Waals surface area contributed by atoms with Gasteiger partial charge in [-0.15, -0.1) is 0 Å². The van der Waals surface area contributed by atoms with Crippen LogP contribution in [0.5, 0.6) is 0 Å². The highest BCUT2D eigenvalue weighted by molar-refractivity contribution is 5.05. The molecule has 1 aromatic rings. The van der Waals surface area contributed by atoms with Gasteiger partial charge in [0, 0.05) is 36.8 Å². The van der Waals surface area contributed by atoms with Gasteiger partial charge in [-0.3, -0.25) is 9.58 Å². The molecule has 4 heteroatoms. The van der Waals surface area contributed by atoms with E-state index >= 15 is 0 Å². The summed E-state index contributed by atoms with van der Waals surface area (Å²) in [7, 11) is 0. The molecule has 1 aliphatic heterocycles. The van der Waals surface area contributed by atoms with Gasteiger partial charge in [0.15, 0.2) is 0 Å². The van der Waals surface area contributed by atoms with E-state index in [1.54, 1.807) is 0 Å². The van der Waals surface area contributed by atoms with Gasteiger partial charge < -0.3 is 5.11 Å². The molecule has 1 saturated carbocycles. The minimum atomic E-state index is -0.0805. The molecule has 1 N–H and O–H groups in total. The van der Waals surface area contributed by atoms with Gasteiger partial charge in [0.2, 0.25) is 0 Å². The molecule has 0 aromatic carbocycles. The van der Waals surface area contributed by atoms with Crippen molar-refractivity contribution in [3.05, 3.63) is 18.0 Å². The molecule has 22 heavy (non-hydrogen) atoms. The predicted octanol–water partition coefficient (Wildman–Crippen LogP) is 3.05. The maximum atomic E-state index is 10.4. The zero-order chi connectivity index (χ0) is 15.5. The lowest BCUT2D eigenvalue weighted by molar-refractivity contribution is 0.0201. The Morgan fingerprint density at radius 2 is 2.05 bits per heavy atom. The second-order valence-electron chi connectivity index (χ2n) is 7.66. The zero-order valence-electron chi connectivity index (χ0n) is 14.1. The number of aliphatic hydroxyl groups excluding tert-OH is 1. The van der Waals surface area contributed by atoms with Gasteiger partial charge in [0.25, 0.3) is 0 Å². The van der Waals surface area contributed by atoms with Crippen molar-refractivity contribution in [3.8, 4) is 0 Å². The van der Waals surface area contributed by atoms with Gasteiger partial charge in [0.1, 0.15) is 0 Å². The molecule has 124 valence electrons. The van der Waals surface area contributed by atoms with Crippen LogP contribution in [-0.2, 0) is 13.1 Å². The van der Waals surface area contributed by atoms with E-state index in [0.29, 0.717) is 17.9 Å². The molecule has 0 bridgehead atoms. The first-order valence-electron chi connectivity index (χ1n) is 9.07. The number of likely N-dealkylation sites (tertiary alicyclic amines) is 1. The molecular formula is C18H31N3O. The van der Waals surface area contributed by atoms with Gasteiger partial charge in [0.05, 0.1) is 12.3 Å². The first kappa shape index (κ1) is 16.0. The van der Waals surface area contributed by atoms with Crippen molar-refractivity contribution in [2.75, 3.05) is 6.54 Å². The van der Waals surface area contributed by atoms with Crippen molar-refractivity contribution in [2.24, 2.45) is 11.8 Å². The number of hydrogen-bond acceptors (Lipinski definition) is 3. The summed E-state index contributed by atoms with van der Waals surface area (Å²) in [6.45, 7) is 7.60. The van der Waals surface area contributed by atoms with Crippen LogP contribution >= 0.6 is 0 Å². The number of aliphatic hydroxyl groups is 1. The van der Waals surface area contributed by atoms with Crippen LogP contribution in [0, 0.1) is 11.8 Å². The van der Waals surface area contributed by atoms with Gasteiger partial charge in [-0.1, -0.05) is 26.7 Å². The third kappa shape index (κ3) is 3.72. The van der Waals surface area contributed by atoms with Gasteiger partial charge in [-0.05, 0) is 38.1 Å². The van der Waals surface area contributed by atoms with E-state index in [0.717, 1.165) is 19.5 Å². The van der Waals surface area contributed by atoms with E-state index in [1.807, 2.05) is 6.20 Å². The van der Waals surface area contributed by atoms with Crippen LogP contribution in [0.1, 0.15) is 57.9 Å². The fourth-order valence-corrected chi connectivity index (χ4v) is 4.32. The third-order valence-corrected chi connectivity index (χ3v) is 5.31. The largest absolute Gasteiger partial charge is 0.393 e. The molecule has 1 saturated heterocycles. The van der Waals surface area contributed by atoms with Gasteiger partial charge >= 0.3 is 0 Å². The highest BCUT2D eigenvalue weighted by Crippen LogP contribution is 2.35. The molecule has 1 aliphatic carbocycles. The maximum Gasteiger partial charge on any atom is 0.0583 e. The summed E-state index contributed by atoms with van der Waals surface area (Å²) in [5.41, 5.74) is 1.32. The van der Waals surface area contributed by atoms with Crippen LogP contribution in [0.3, 0.4) is 0 Å². The van der Waals surface area contributed by atoms with E-state index in [2.05, 4.69) is 34.7 Å². The van der Waals surface area contributed by atoms with Crippen LogP contribution in [0.15, 0.2) is 12.4 Å². The average molecular weight is 305 g/mol. The van der Waals surface area contributed by atoms with E-state index in [-0.39, 0.29) is 6.10 Å². The monoisotopic (exact) mass is 305 g/mol. The minimum absolute atomic E-state index is 0.0805. The van der Waals surface area contributed by atoms with Crippen LogP contribution in [0.4, 0.5) is 0 Å². The molecule has 4 nitrogen and oxygen atoms in total. The van der Waals surface area contributed by atoms with Crippen molar-refractivity contribution in [1.29, 1.82) is 0 Å². The summed E-state index contributed by atoms with van der Waals surface area (Å²) < 4.78 is 2.07. The van der Waals surface area contributed by atoms with E-state index in [9.17, 15) is 5.11 Å². The van der Waals surface area contributed by atoms with E-state index < -0.39 is 0 Å². The Morgan fingerprint density at radius 1 is 1.23 bits per heavy atom. The Kier molecular flexibility index (Phi) is 5.19. The molecule has 0 radical (unpaired) electrons. The Morgan fingerprint density at radius 3 is 2.82 bits per heavy atom. The average Bonchev–Trinajstić information content (AvgIpc) is 3.09. The van der Waals surface area contributed by atoms with Gasteiger partial charge in [-0.2, -0.15) is 5.10 Å². The molecule has 0 spiro atoms. The highest BCUT2D eigenvalue weighted by Gasteiger charge is 2.36. The lowest BCUT2D eigenvalue weighted by Gasteiger charge is -2.37. The Bertz CT molecular complexity index is 471. The molecule has 2 aliphatic rings. The van der Waals surface area contributed by atoms with Crippen LogP contribution in [0.25, 0.3) is 0 Å². The van der Waals surface area contributed by atoms with Crippen LogP contribution in [0.2, 0.25) is 0 Å². The van der Waals surface area contributed by atoms with Crippen molar-refractivity contribution >= 4 is 0 Å². The summed E-state index contributed by atoms with van der Waals surface area (Å²) >= 11 is 0. The molecule has 2 heterocycles. The lowest BCUT2D eigenvalue weighted by Crippen LogP contribution is -2.42. The van der Waals surface area contributed by atoms with E-state index in [4.69, 9.17) is 0 Å². The fraction of sp³-hybridized carbons (Fsp3) is 0.833. The van der Waals surface area contributed by atoms with Crippen molar-refractivity contribution in [1.82, 2.24) is 14.7 Å². The summed E-state index contributed by atoms with van der Waals surface area (Å²) in [4.78, 5) is 2.59. The number of rotatable bonds is 5. The molecular weight excluding hydrogens is 274 g/mol. The Balaban J connectivity index is 1.62. The van der Waals surface area contributed by atoms with Crippen molar-refractivity contribution in [2.45, 2.75) is 77.6 Å². The molecule has 3 rings (SSSR count). The van der Waals surface area contributed by atoms with Gasteiger partial charge in [-0.25, -0.2) is 0 Å². The number of aromatic nitrogens is 2. The quantitative estimate of drug-likeness (QED) is 0.909. The molecule has 1 aromatic heterocycles. The second-order valence-corrected chi connectivity index (χ2v) is 7.66. The fourth-order valence-electron chi connectivity index (χ4n) is 4.32. The maximum absolute atomic E-state index is 10.4. The summed E-state index contributed by atoms with van der Waals surface area (Å²) in [6.07, 6.45) is 11.4. The molecule has 0 unspecified atom stereocenters. The molecule has 0 amide bonds. The minimum Gasteiger partial charge on any atom is -0.393 e. The number of nitrogens with zero attached hydrogens (tertiary/aromatic N) is 3. The lowest BCUT2D eigenvalue weighted by atomic mass is 9.80. The van der Waals surface area contributed by atoms with Crippen LogP contribution in [-0.4, -0.2) is 38.5 Å². The summed E-state index contributed by atoms with van der Waals surface area (Å²) in [5.74, 6) is 1.12. The first-order valence-corrected chi connectivity index (χ1v) is 9.07. The Hall–Kier alpha value is -0.870. The Labute approximate surface area is 134 Å². The standard InChI is InChI=1S/C18H31N3O/c1-14(2)11-21-13-15(10-19-21)12-20-9-5-7-17(20)16-6-3-4-8-18(16)22/h10,13-14,16-18,22H,3-9,11-12H2,1-2H3/t16-,17-,18+/m1/s1. The second kappa shape index (κ2) is 7.14. The highest BCUT2D eigenvalue weighted by atomic mass is 16.3. The first-order chi connectivity index (χ1) is 10.6. The SMILES string of the molecule is CC(C)Cn1cc(CN2CCC[C@@H]2[C@H]2CCCC[C@@H]2O)cn1. The normalized spacial score (nSPS) is 30.3. The topological polar surface area (TPSA) is 41.3 Å². The van der Waals surface area contributed by atoms with Crippen LogP contribution < -0.4 is 0 Å². The third-order valence-electron chi connectivity index (χ3n) is 5.31. The smallest absolute Gasteiger partial charge is 0.0583 e. The summed E-state index contributed by atoms with van der Waals surface area (Å²) in [5, 5.41) is 14.9. The predicted molar refractivity (Wildman–Crippen MR) is 88.5 cm³/mol. The van der Waals surface area contributed by atoms with Crippen molar-refractivity contribution < 1.29 is 5.11 Å². The van der Waals surface area contributed by atoms with E-state index in [1.165, 1.54) is 44.2 Å². The summed E-state index contributed by atoms with van der Waals surface area (Å²) in [6, 6.07) is 0.573. The van der Waals surface area contributed by atoms with Crippen molar-refractivity contribution in [3.63, 3.8) is 0 Å². The zero-order valence-corrected chi connectivity index (χ0v) is 14.1. The molecule has 3 atom stereocenters.